The van der Waals surface area contributed by atoms with Crippen LogP contribution >= 0.6 is 22.9 Å². The zero-order valence-corrected chi connectivity index (χ0v) is 12.5. The van der Waals surface area contributed by atoms with Crippen LogP contribution in [0.25, 0.3) is 6.08 Å². The number of carbonyl (C=O) groups is 2. The summed E-state index contributed by atoms with van der Waals surface area (Å²) in [6.45, 7) is 5.28. The molecule has 0 bridgehead atoms. The maximum Gasteiger partial charge on any atom is 0.326 e. The van der Waals surface area contributed by atoms with Gasteiger partial charge in [-0.2, -0.15) is 0 Å². The number of amides is 1. The van der Waals surface area contributed by atoms with Crippen molar-refractivity contribution in [1.82, 2.24) is 5.32 Å². The largest absolute Gasteiger partial charge is 0.480 e. The molecule has 1 aromatic heterocycles. The average molecular weight is 302 g/mol. The van der Waals surface area contributed by atoms with Crippen molar-refractivity contribution in [3.8, 4) is 0 Å². The summed E-state index contributed by atoms with van der Waals surface area (Å²) >= 11 is 7.11. The van der Waals surface area contributed by atoms with Crippen molar-refractivity contribution in [1.29, 1.82) is 0 Å². The van der Waals surface area contributed by atoms with Crippen LogP contribution in [0.15, 0.2) is 18.2 Å². The second-order valence-electron chi connectivity index (χ2n) is 5.12. The lowest BCUT2D eigenvalue weighted by molar-refractivity contribution is -0.144. The molecule has 0 aromatic carbocycles. The van der Waals surface area contributed by atoms with Gasteiger partial charge in [-0.05, 0) is 23.6 Å². The van der Waals surface area contributed by atoms with E-state index in [0.717, 1.165) is 4.88 Å². The van der Waals surface area contributed by atoms with Gasteiger partial charge in [-0.25, -0.2) is 4.79 Å². The lowest BCUT2D eigenvalue weighted by Gasteiger charge is -2.27. The maximum absolute atomic E-state index is 11.7. The summed E-state index contributed by atoms with van der Waals surface area (Å²) < 4.78 is 0.637. The van der Waals surface area contributed by atoms with Gasteiger partial charge in [0.2, 0.25) is 5.91 Å². The molecule has 0 saturated carbocycles. The highest BCUT2D eigenvalue weighted by Crippen LogP contribution is 2.22. The van der Waals surface area contributed by atoms with Gasteiger partial charge in [-0.15, -0.1) is 11.3 Å². The summed E-state index contributed by atoms with van der Waals surface area (Å²) in [4.78, 5) is 23.6. The molecule has 1 atom stereocenters. The van der Waals surface area contributed by atoms with E-state index >= 15 is 0 Å². The van der Waals surface area contributed by atoms with Crippen LogP contribution in [0, 0.1) is 5.41 Å². The van der Waals surface area contributed by atoms with Gasteiger partial charge < -0.3 is 10.4 Å². The molecule has 0 spiro atoms. The molecule has 0 aliphatic rings. The molecule has 0 radical (unpaired) electrons. The molecule has 6 heteroatoms. The Morgan fingerprint density at radius 2 is 2.05 bits per heavy atom. The lowest BCUT2D eigenvalue weighted by atomic mass is 9.87. The Morgan fingerprint density at radius 3 is 2.47 bits per heavy atom. The number of hydrogen-bond acceptors (Lipinski definition) is 3. The van der Waals surface area contributed by atoms with Crippen LogP contribution in [0.1, 0.15) is 25.6 Å². The molecule has 1 unspecified atom stereocenters. The van der Waals surface area contributed by atoms with E-state index in [9.17, 15) is 9.59 Å². The molecule has 19 heavy (non-hydrogen) atoms. The first kappa shape index (κ1) is 15.7. The minimum absolute atomic E-state index is 0.438. The third kappa shape index (κ3) is 5.04. The van der Waals surface area contributed by atoms with Gasteiger partial charge in [-0.3, -0.25) is 4.79 Å². The Bertz CT molecular complexity index is 502. The summed E-state index contributed by atoms with van der Waals surface area (Å²) in [5.41, 5.74) is -0.554. The van der Waals surface area contributed by atoms with E-state index in [1.165, 1.54) is 17.4 Å². The van der Waals surface area contributed by atoms with Crippen molar-refractivity contribution in [2.75, 3.05) is 0 Å². The molecule has 0 aliphatic heterocycles. The molecule has 1 aromatic rings. The Balaban J connectivity index is 2.68. The smallest absolute Gasteiger partial charge is 0.326 e. The lowest BCUT2D eigenvalue weighted by Crippen LogP contribution is -2.48. The van der Waals surface area contributed by atoms with Crippen LogP contribution in [0.2, 0.25) is 4.34 Å². The normalized spacial score (nSPS) is 13.5. The molecule has 2 N–H and O–H groups in total. The van der Waals surface area contributed by atoms with Gasteiger partial charge in [0.15, 0.2) is 0 Å². The minimum Gasteiger partial charge on any atom is -0.480 e. The second kappa shape index (κ2) is 6.21. The molecule has 0 saturated heterocycles. The van der Waals surface area contributed by atoms with E-state index in [0.29, 0.717) is 4.34 Å². The zero-order valence-electron chi connectivity index (χ0n) is 10.9. The zero-order chi connectivity index (χ0) is 14.6. The number of rotatable bonds is 4. The summed E-state index contributed by atoms with van der Waals surface area (Å²) in [6, 6.07) is 2.59. The first-order chi connectivity index (χ1) is 8.70. The molecule has 1 heterocycles. The number of thiophene rings is 1. The summed E-state index contributed by atoms with van der Waals surface area (Å²) in [6.07, 6.45) is 2.91. The van der Waals surface area contributed by atoms with Crippen LogP contribution in [0.5, 0.6) is 0 Å². The number of hydrogen-bond donors (Lipinski definition) is 2. The van der Waals surface area contributed by atoms with Crippen molar-refractivity contribution in [2.45, 2.75) is 26.8 Å². The monoisotopic (exact) mass is 301 g/mol. The second-order valence-corrected chi connectivity index (χ2v) is 6.87. The molecular weight excluding hydrogens is 286 g/mol. The minimum atomic E-state index is -1.05. The quantitative estimate of drug-likeness (QED) is 0.840. The summed E-state index contributed by atoms with van der Waals surface area (Å²) in [5, 5.41) is 11.6. The standard InChI is InChI=1S/C13H16ClNO3S/c1-13(2,3)11(12(17)18)15-10(16)7-5-8-4-6-9(14)19-8/h4-7,11H,1-3H3,(H,15,16)(H,17,18)/b7-5+. The van der Waals surface area contributed by atoms with E-state index in [4.69, 9.17) is 16.7 Å². The molecule has 1 amide bonds. The average Bonchev–Trinajstić information content (AvgIpc) is 2.67. The first-order valence-electron chi connectivity index (χ1n) is 5.67. The van der Waals surface area contributed by atoms with Gasteiger partial charge in [0.25, 0.3) is 0 Å². The van der Waals surface area contributed by atoms with E-state index in [-0.39, 0.29) is 0 Å². The number of halogens is 1. The Kier molecular flexibility index (Phi) is 5.14. The van der Waals surface area contributed by atoms with E-state index < -0.39 is 23.3 Å². The number of nitrogens with one attached hydrogen (secondary N) is 1. The maximum atomic E-state index is 11.7. The molecule has 4 nitrogen and oxygen atoms in total. The van der Waals surface area contributed by atoms with Gasteiger partial charge in [0.05, 0.1) is 4.34 Å². The van der Waals surface area contributed by atoms with Crippen molar-refractivity contribution >= 4 is 40.9 Å². The van der Waals surface area contributed by atoms with E-state index in [1.54, 1.807) is 39.0 Å². The number of carboxylic acids is 1. The van der Waals surface area contributed by atoms with Gasteiger partial charge in [0.1, 0.15) is 6.04 Å². The fraction of sp³-hybridized carbons (Fsp3) is 0.385. The first-order valence-corrected chi connectivity index (χ1v) is 6.86. The predicted octanol–water partition coefficient (Wildman–Crippen LogP) is 3.03. The van der Waals surface area contributed by atoms with Crippen LogP contribution in [0.4, 0.5) is 0 Å². The van der Waals surface area contributed by atoms with Crippen LogP contribution in [-0.2, 0) is 9.59 Å². The fourth-order valence-electron chi connectivity index (χ4n) is 1.41. The molecular formula is C13H16ClNO3S. The van der Waals surface area contributed by atoms with Crippen LogP contribution in [-0.4, -0.2) is 23.0 Å². The summed E-state index contributed by atoms with van der Waals surface area (Å²) in [7, 11) is 0. The van der Waals surface area contributed by atoms with Crippen molar-refractivity contribution in [3.63, 3.8) is 0 Å². The highest BCUT2D eigenvalue weighted by molar-refractivity contribution is 7.17. The number of carbonyl (C=O) groups excluding carboxylic acids is 1. The van der Waals surface area contributed by atoms with Crippen molar-refractivity contribution < 1.29 is 14.7 Å². The van der Waals surface area contributed by atoms with Gasteiger partial charge in [-0.1, -0.05) is 32.4 Å². The third-order valence-corrected chi connectivity index (χ3v) is 3.59. The Morgan fingerprint density at radius 1 is 1.42 bits per heavy atom. The van der Waals surface area contributed by atoms with Gasteiger partial charge >= 0.3 is 5.97 Å². The van der Waals surface area contributed by atoms with Crippen molar-refractivity contribution in [2.24, 2.45) is 5.41 Å². The van der Waals surface area contributed by atoms with Gasteiger partial charge in [0, 0.05) is 11.0 Å². The third-order valence-electron chi connectivity index (χ3n) is 2.39. The highest BCUT2D eigenvalue weighted by Gasteiger charge is 2.31. The van der Waals surface area contributed by atoms with Crippen molar-refractivity contribution in [3.05, 3.63) is 27.4 Å². The summed E-state index contributed by atoms with van der Waals surface area (Å²) in [5.74, 6) is -1.49. The van der Waals surface area contributed by atoms with Crippen LogP contribution < -0.4 is 5.32 Å². The SMILES string of the molecule is CC(C)(C)C(NC(=O)/C=C/c1ccc(Cl)s1)C(=O)O. The van der Waals surface area contributed by atoms with E-state index in [1.807, 2.05) is 0 Å². The fourth-order valence-corrected chi connectivity index (χ4v) is 2.38. The number of carboxylic acid groups (broad SMARTS) is 1. The number of aliphatic carboxylic acids is 1. The predicted molar refractivity (Wildman–Crippen MR) is 77.4 cm³/mol. The molecule has 0 aliphatic carbocycles. The topological polar surface area (TPSA) is 66.4 Å². The Hall–Kier alpha value is -1.33. The van der Waals surface area contributed by atoms with Crippen LogP contribution in [0.3, 0.4) is 0 Å². The van der Waals surface area contributed by atoms with E-state index in [2.05, 4.69) is 5.32 Å². The Labute approximate surface area is 121 Å². The molecule has 1 rings (SSSR count). The molecule has 104 valence electrons. The molecule has 0 fully saturated rings. The highest BCUT2D eigenvalue weighted by atomic mass is 35.5.